The number of hydrogen-bond donors (Lipinski definition) is 0. The van der Waals surface area contributed by atoms with Gasteiger partial charge in [-0.15, -0.1) is 0 Å². The summed E-state index contributed by atoms with van der Waals surface area (Å²) in [6.45, 7) is 3.18. The van der Waals surface area contributed by atoms with Gasteiger partial charge >= 0.3 is 0 Å². The molecule has 0 radical (unpaired) electrons. The van der Waals surface area contributed by atoms with E-state index in [2.05, 4.69) is 27.6 Å². The van der Waals surface area contributed by atoms with Crippen molar-refractivity contribution in [2.45, 2.75) is 20.0 Å². The largest absolute Gasteiger partial charge is 0.374 e. The fourth-order valence-corrected chi connectivity index (χ4v) is 3.22. The number of pyridine rings is 2. The second-order valence-electron chi connectivity index (χ2n) is 5.93. The first kappa shape index (κ1) is 16.1. The van der Waals surface area contributed by atoms with Crippen molar-refractivity contribution in [3.05, 3.63) is 77.0 Å². The molecule has 3 heterocycles. The van der Waals surface area contributed by atoms with Crippen molar-refractivity contribution in [3.8, 4) is 0 Å². The quantitative estimate of drug-likeness (QED) is 0.525. The van der Waals surface area contributed by atoms with Crippen LogP contribution in [0.1, 0.15) is 24.0 Å². The molecule has 4 rings (SSSR count). The molecule has 5 heteroatoms. The smallest absolute Gasteiger partial charge is 0.139 e. The van der Waals surface area contributed by atoms with E-state index in [4.69, 9.17) is 21.3 Å². The molecule has 0 spiro atoms. The fourth-order valence-electron chi connectivity index (χ4n) is 3.05. The zero-order chi connectivity index (χ0) is 17.2. The number of aromatic nitrogens is 3. The van der Waals surface area contributed by atoms with Crippen molar-refractivity contribution in [1.29, 1.82) is 0 Å². The van der Waals surface area contributed by atoms with E-state index in [1.807, 2.05) is 37.4 Å². The Morgan fingerprint density at radius 1 is 1.16 bits per heavy atom. The van der Waals surface area contributed by atoms with Crippen LogP contribution in [0.2, 0.25) is 5.02 Å². The third-order valence-electron chi connectivity index (χ3n) is 4.22. The number of imidazole rings is 1. The third kappa shape index (κ3) is 3.23. The van der Waals surface area contributed by atoms with E-state index < -0.39 is 0 Å². The molecular formula is C20H18ClN3O. The van der Waals surface area contributed by atoms with Gasteiger partial charge in [0, 0.05) is 30.8 Å². The van der Waals surface area contributed by atoms with Crippen LogP contribution >= 0.6 is 11.6 Å². The van der Waals surface area contributed by atoms with Gasteiger partial charge in [-0.05, 0) is 42.8 Å². The summed E-state index contributed by atoms with van der Waals surface area (Å²) in [4.78, 5) is 9.16. The Bertz CT molecular complexity index is 1040. The van der Waals surface area contributed by atoms with Gasteiger partial charge < -0.3 is 9.14 Å². The Labute approximate surface area is 151 Å². The van der Waals surface area contributed by atoms with Crippen molar-refractivity contribution in [3.63, 3.8) is 0 Å². The second kappa shape index (κ2) is 6.82. The molecule has 4 nitrogen and oxygen atoms in total. The highest BCUT2D eigenvalue weighted by molar-refractivity contribution is 6.31. The monoisotopic (exact) mass is 351 g/mol. The molecule has 25 heavy (non-hydrogen) atoms. The lowest BCUT2D eigenvalue weighted by molar-refractivity contribution is 0.128. The fraction of sp³-hybridized carbons (Fsp3) is 0.200. The molecule has 0 saturated heterocycles. The number of rotatable bonds is 5. The minimum absolute atomic E-state index is 0.513. The average Bonchev–Trinajstić information content (AvgIpc) is 2.97. The van der Waals surface area contributed by atoms with E-state index in [1.165, 1.54) is 5.56 Å². The highest BCUT2D eigenvalue weighted by Gasteiger charge is 2.11. The zero-order valence-corrected chi connectivity index (χ0v) is 14.7. The van der Waals surface area contributed by atoms with Crippen LogP contribution in [0.3, 0.4) is 0 Å². The van der Waals surface area contributed by atoms with Gasteiger partial charge in [0.15, 0.2) is 0 Å². The molecule has 0 amide bonds. The first-order valence-electron chi connectivity index (χ1n) is 8.31. The van der Waals surface area contributed by atoms with Crippen molar-refractivity contribution < 1.29 is 4.74 Å². The van der Waals surface area contributed by atoms with Crippen LogP contribution in [0.15, 0.2) is 54.9 Å². The molecule has 0 N–H and O–H groups in total. The lowest BCUT2D eigenvalue weighted by atomic mass is 10.1. The summed E-state index contributed by atoms with van der Waals surface area (Å²) in [5.41, 5.74) is 4.29. The van der Waals surface area contributed by atoms with Crippen LogP contribution in [-0.2, 0) is 17.8 Å². The molecular weight excluding hydrogens is 334 g/mol. The van der Waals surface area contributed by atoms with Crippen LogP contribution in [0.4, 0.5) is 0 Å². The summed E-state index contributed by atoms with van der Waals surface area (Å²) in [7, 11) is 0. The normalized spacial score (nSPS) is 11.4. The molecule has 0 unspecified atom stereocenters. The number of ether oxygens (including phenoxy) is 1. The third-order valence-corrected chi connectivity index (χ3v) is 4.42. The minimum atomic E-state index is 0.513. The van der Waals surface area contributed by atoms with Gasteiger partial charge in [-0.1, -0.05) is 23.7 Å². The summed E-state index contributed by atoms with van der Waals surface area (Å²) in [6, 6.07) is 14.3. The van der Waals surface area contributed by atoms with Crippen molar-refractivity contribution in [2.24, 2.45) is 0 Å². The molecule has 0 bridgehead atoms. The van der Waals surface area contributed by atoms with Gasteiger partial charge in [-0.3, -0.25) is 4.98 Å². The predicted octanol–water partition coefficient (Wildman–Crippen LogP) is 4.66. The maximum atomic E-state index is 6.07. The minimum Gasteiger partial charge on any atom is -0.374 e. The average molecular weight is 352 g/mol. The summed E-state index contributed by atoms with van der Waals surface area (Å²) in [5.74, 6) is 0.929. The predicted molar refractivity (Wildman–Crippen MR) is 100 cm³/mol. The van der Waals surface area contributed by atoms with Crippen LogP contribution in [0, 0.1) is 0 Å². The van der Waals surface area contributed by atoms with E-state index in [0.29, 0.717) is 18.2 Å². The Morgan fingerprint density at radius 3 is 2.96 bits per heavy atom. The van der Waals surface area contributed by atoms with Gasteiger partial charge in [0.1, 0.15) is 12.4 Å². The summed E-state index contributed by atoms with van der Waals surface area (Å²) >= 11 is 6.07. The van der Waals surface area contributed by atoms with E-state index in [0.717, 1.165) is 34.4 Å². The summed E-state index contributed by atoms with van der Waals surface area (Å²) < 4.78 is 7.66. The molecule has 0 aliphatic heterocycles. The number of halogens is 1. The van der Waals surface area contributed by atoms with Crippen LogP contribution in [0.5, 0.6) is 0 Å². The topological polar surface area (TPSA) is 39.4 Å². The van der Waals surface area contributed by atoms with Gasteiger partial charge in [0.05, 0.1) is 21.7 Å². The maximum Gasteiger partial charge on any atom is 0.139 e. The molecule has 4 aromatic rings. The second-order valence-corrected chi connectivity index (χ2v) is 6.36. The molecule has 126 valence electrons. The van der Waals surface area contributed by atoms with E-state index >= 15 is 0 Å². The Balaban J connectivity index is 1.72. The van der Waals surface area contributed by atoms with Crippen molar-refractivity contribution in [1.82, 2.24) is 14.4 Å². The van der Waals surface area contributed by atoms with Crippen molar-refractivity contribution >= 4 is 28.0 Å². The summed E-state index contributed by atoms with van der Waals surface area (Å²) in [5, 5.41) is 1.69. The van der Waals surface area contributed by atoms with Crippen LogP contribution in [0.25, 0.3) is 16.4 Å². The maximum absolute atomic E-state index is 6.07. The lowest BCUT2D eigenvalue weighted by Crippen LogP contribution is -1.98. The standard InChI is InChI=1S/C20H18ClN3O/c1-2-25-13-20-23-18(19-5-3-4-8-24(19)20)10-14-6-7-17-15(9-14)11-16(21)12-22-17/h3-9,11-12H,2,10,13H2,1H3. The summed E-state index contributed by atoms with van der Waals surface area (Å²) in [6.07, 6.45) is 4.46. The highest BCUT2D eigenvalue weighted by Crippen LogP contribution is 2.22. The Kier molecular flexibility index (Phi) is 4.38. The molecule has 1 aromatic carbocycles. The zero-order valence-electron chi connectivity index (χ0n) is 13.9. The van der Waals surface area contributed by atoms with Gasteiger partial charge in [0.2, 0.25) is 0 Å². The molecule has 0 aliphatic rings. The number of benzene rings is 1. The van der Waals surface area contributed by atoms with E-state index in [-0.39, 0.29) is 0 Å². The van der Waals surface area contributed by atoms with Crippen LogP contribution < -0.4 is 0 Å². The molecule has 0 aliphatic carbocycles. The Morgan fingerprint density at radius 2 is 2.08 bits per heavy atom. The van der Waals surface area contributed by atoms with Gasteiger partial charge in [0.25, 0.3) is 0 Å². The molecule has 0 saturated carbocycles. The van der Waals surface area contributed by atoms with Crippen LogP contribution in [-0.4, -0.2) is 21.0 Å². The Hall–Kier alpha value is -2.43. The van der Waals surface area contributed by atoms with Gasteiger partial charge in [-0.25, -0.2) is 4.98 Å². The number of nitrogens with zero attached hydrogens (tertiary/aromatic N) is 3. The first-order chi connectivity index (χ1) is 12.2. The lowest BCUT2D eigenvalue weighted by Gasteiger charge is -2.03. The van der Waals surface area contributed by atoms with E-state index in [1.54, 1.807) is 6.20 Å². The first-order valence-corrected chi connectivity index (χ1v) is 8.69. The number of fused-ring (bicyclic) bond motifs is 2. The molecule has 0 fully saturated rings. The number of hydrogen-bond acceptors (Lipinski definition) is 3. The highest BCUT2D eigenvalue weighted by atomic mass is 35.5. The van der Waals surface area contributed by atoms with Gasteiger partial charge in [-0.2, -0.15) is 0 Å². The molecule has 3 aromatic heterocycles. The van der Waals surface area contributed by atoms with E-state index in [9.17, 15) is 0 Å². The van der Waals surface area contributed by atoms with Crippen molar-refractivity contribution in [2.75, 3.05) is 6.61 Å². The molecule has 0 atom stereocenters. The SMILES string of the molecule is CCOCc1nc(Cc2ccc3ncc(Cl)cc3c2)c2ccccn12.